The summed E-state index contributed by atoms with van der Waals surface area (Å²) in [6, 6.07) is 8.11. The van der Waals surface area contributed by atoms with Gasteiger partial charge in [0.1, 0.15) is 5.54 Å². The number of benzene rings is 1. The molecule has 1 saturated heterocycles. The van der Waals surface area contributed by atoms with Crippen LogP contribution in [-0.4, -0.2) is 41.5 Å². The van der Waals surface area contributed by atoms with Crippen LogP contribution in [0.25, 0.3) is 0 Å². The molecule has 0 N–H and O–H groups in total. The highest BCUT2D eigenvalue weighted by Gasteiger charge is 2.29. The van der Waals surface area contributed by atoms with Crippen LogP contribution in [0, 0.1) is 11.3 Å². The van der Waals surface area contributed by atoms with Gasteiger partial charge in [-0.05, 0) is 25.5 Å². The van der Waals surface area contributed by atoms with Crippen molar-refractivity contribution in [2.75, 3.05) is 26.2 Å². The van der Waals surface area contributed by atoms with Gasteiger partial charge in [-0.2, -0.15) is 5.26 Å². The summed E-state index contributed by atoms with van der Waals surface area (Å²) in [5, 5.41) is 10.4. The van der Waals surface area contributed by atoms with Crippen molar-refractivity contribution in [2.45, 2.75) is 25.9 Å². The van der Waals surface area contributed by atoms with E-state index < -0.39 is 0 Å². The Kier molecular flexibility index (Phi) is 4.93. The molecule has 20 heavy (non-hydrogen) atoms. The van der Waals surface area contributed by atoms with Gasteiger partial charge in [0.2, 0.25) is 0 Å². The van der Waals surface area contributed by atoms with Crippen molar-refractivity contribution in [2.24, 2.45) is 0 Å². The molecule has 1 aliphatic rings. The Hall–Kier alpha value is -0.790. The van der Waals surface area contributed by atoms with Gasteiger partial charge >= 0.3 is 0 Å². The minimum absolute atomic E-state index is 0.389. The van der Waals surface area contributed by atoms with Gasteiger partial charge in [0.25, 0.3) is 0 Å². The minimum atomic E-state index is -0.389. The highest BCUT2D eigenvalue weighted by Crippen LogP contribution is 2.27. The van der Waals surface area contributed by atoms with Gasteiger partial charge in [-0.1, -0.05) is 35.3 Å². The van der Waals surface area contributed by atoms with Crippen LogP contribution in [-0.2, 0) is 6.54 Å². The fourth-order valence-corrected chi connectivity index (χ4v) is 2.83. The summed E-state index contributed by atoms with van der Waals surface area (Å²) in [7, 11) is 0. The fourth-order valence-electron chi connectivity index (χ4n) is 2.45. The first-order valence-electron chi connectivity index (χ1n) is 6.75. The van der Waals surface area contributed by atoms with Crippen molar-refractivity contribution < 1.29 is 0 Å². The summed E-state index contributed by atoms with van der Waals surface area (Å²) in [5.74, 6) is 0. The van der Waals surface area contributed by atoms with Crippen LogP contribution in [0.15, 0.2) is 18.2 Å². The third kappa shape index (κ3) is 3.45. The lowest BCUT2D eigenvalue weighted by molar-refractivity contribution is 0.0764. The second kappa shape index (κ2) is 6.32. The molecular formula is C15H19Cl2N3. The maximum absolute atomic E-state index is 9.18. The van der Waals surface area contributed by atoms with Gasteiger partial charge in [-0.15, -0.1) is 0 Å². The number of hydrogen-bond donors (Lipinski definition) is 0. The quantitative estimate of drug-likeness (QED) is 0.857. The highest BCUT2D eigenvalue weighted by atomic mass is 35.5. The van der Waals surface area contributed by atoms with Gasteiger partial charge in [0.05, 0.1) is 16.1 Å². The van der Waals surface area contributed by atoms with Gasteiger partial charge in [-0.25, -0.2) is 0 Å². The maximum Gasteiger partial charge on any atom is 0.103 e. The molecular weight excluding hydrogens is 293 g/mol. The normalized spacial score (nSPS) is 17.9. The molecule has 1 fully saturated rings. The van der Waals surface area contributed by atoms with Crippen molar-refractivity contribution in [3.05, 3.63) is 33.8 Å². The molecule has 0 bridgehead atoms. The number of hydrogen-bond acceptors (Lipinski definition) is 3. The van der Waals surface area contributed by atoms with Crippen molar-refractivity contribution >= 4 is 23.2 Å². The number of piperazine rings is 1. The second-order valence-electron chi connectivity index (χ2n) is 5.65. The molecule has 1 aromatic carbocycles. The Morgan fingerprint density at radius 3 is 2.45 bits per heavy atom. The summed E-state index contributed by atoms with van der Waals surface area (Å²) in [5.41, 5.74) is 0.673. The fraction of sp³-hybridized carbons (Fsp3) is 0.533. The number of rotatable bonds is 3. The van der Waals surface area contributed by atoms with E-state index in [-0.39, 0.29) is 5.54 Å². The Balaban J connectivity index is 1.95. The van der Waals surface area contributed by atoms with E-state index in [0.717, 1.165) is 38.3 Å². The third-order valence-electron chi connectivity index (χ3n) is 3.86. The maximum atomic E-state index is 9.18. The van der Waals surface area contributed by atoms with Crippen LogP contribution >= 0.6 is 23.2 Å². The average molecular weight is 312 g/mol. The van der Waals surface area contributed by atoms with E-state index in [9.17, 15) is 5.26 Å². The second-order valence-corrected chi connectivity index (χ2v) is 6.43. The van der Waals surface area contributed by atoms with Gasteiger partial charge < -0.3 is 0 Å². The van der Waals surface area contributed by atoms with Crippen LogP contribution in [0.1, 0.15) is 19.4 Å². The minimum Gasteiger partial charge on any atom is -0.296 e. The first kappa shape index (κ1) is 15.6. The molecule has 3 nitrogen and oxygen atoms in total. The SMILES string of the molecule is CC(C)(C#N)N1CCN(Cc2cccc(Cl)c2Cl)CC1. The summed E-state index contributed by atoms with van der Waals surface area (Å²) in [6.45, 7) is 8.42. The summed E-state index contributed by atoms with van der Waals surface area (Å²) in [4.78, 5) is 4.57. The Bertz CT molecular complexity index is 514. The Morgan fingerprint density at radius 2 is 1.85 bits per heavy atom. The summed E-state index contributed by atoms with van der Waals surface area (Å²) in [6.07, 6.45) is 0. The largest absolute Gasteiger partial charge is 0.296 e. The van der Waals surface area contributed by atoms with Crippen molar-refractivity contribution in [3.8, 4) is 6.07 Å². The Morgan fingerprint density at radius 1 is 1.20 bits per heavy atom. The molecule has 5 heteroatoms. The molecule has 0 aliphatic carbocycles. The van der Waals surface area contributed by atoms with E-state index in [1.807, 2.05) is 26.0 Å². The first-order chi connectivity index (χ1) is 9.44. The van der Waals surface area contributed by atoms with Gasteiger partial charge in [0, 0.05) is 32.7 Å². The van der Waals surface area contributed by atoms with Gasteiger partial charge in [-0.3, -0.25) is 9.80 Å². The predicted octanol–water partition coefficient (Wildman–Crippen LogP) is 3.41. The smallest absolute Gasteiger partial charge is 0.103 e. The van der Waals surface area contributed by atoms with Gasteiger partial charge in [0.15, 0.2) is 0 Å². The topological polar surface area (TPSA) is 30.3 Å². The zero-order valence-electron chi connectivity index (χ0n) is 11.9. The lowest BCUT2D eigenvalue weighted by Crippen LogP contribution is -2.53. The number of nitrogens with zero attached hydrogens (tertiary/aromatic N) is 3. The van der Waals surface area contributed by atoms with Crippen LogP contribution < -0.4 is 0 Å². The van der Waals surface area contributed by atoms with E-state index in [2.05, 4.69) is 15.9 Å². The molecule has 1 aliphatic heterocycles. The van der Waals surface area contributed by atoms with Crippen molar-refractivity contribution in [1.29, 1.82) is 5.26 Å². The summed E-state index contributed by atoms with van der Waals surface area (Å²) >= 11 is 12.3. The van der Waals surface area contributed by atoms with Crippen molar-refractivity contribution in [1.82, 2.24) is 9.80 Å². The first-order valence-corrected chi connectivity index (χ1v) is 7.51. The zero-order valence-corrected chi connectivity index (χ0v) is 13.4. The number of halogens is 2. The van der Waals surface area contributed by atoms with E-state index in [1.54, 1.807) is 6.07 Å². The molecule has 1 heterocycles. The molecule has 0 spiro atoms. The third-order valence-corrected chi connectivity index (χ3v) is 4.72. The molecule has 0 saturated carbocycles. The van der Waals surface area contributed by atoms with Crippen LogP contribution in [0.2, 0.25) is 10.0 Å². The zero-order chi connectivity index (χ0) is 14.8. The molecule has 1 aromatic rings. The molecule has 2 rings (SSSR count). The van der Waals surface area contributed by atoms with Crippen LogP contribution in [0.5, 0.6) is 0 Å². The molecule has 0 aromatic heterocycles. The highest BCUT2D eigenvalue weighted by molar-refractivity contribution is 6.42. The lowest BCUT2D eigenvalue weighted by Gasteiger charge is -2.40. The van der Waals surface area contributed by atoms with E-state index in [0.29, 0.717) is 10.0 Å². The predicted molar refractivity (Wildman–Crippen MR) is 83.0 cm³/mol. The molecule has 0 amide bonds. The standard InChI is InChI=1S/C15H19Cl2N3/c1-15(2,11-18)20-8-6-19(7-9-20)10-12-4-3-5-13(16)14(12)17/h3-5H,6-10H2,1-2H3. The van der Waals surface area contributed by atoms with Crippen LogP contribution in [0.3, 0.4) is 0 Å². The average Bonchev–Trinajstić information content (AvgIpc) is 2.44. The number of nitriles is 1. The molecule has 0 atom stereocenters. The monoisotopic (exact) mass is 311 g/mol. The van der Waals surface area contributed by atoms with E-state index >= 15 is 0 Å². The molecule has 0 unspecified atom stereocenters. The van der Waals surface area contributed by atoms with E-state index in [4.69, 9.17) is 23.2 Å². The molecule has 0 radical (unpaired) electrons. The van der Waals surface area contributed by atoms with E-state index in [1.165, 1.54) is 0 Å². The van der Waals surface area contributed by atoms with Crippen molar-refractivity contribution in [3.63, 3.8) is 0 Å². The van der Waals surface area contributed by atoms with Crippen LogP contribution in [0.4, 0.5) is 0 Å². The molecule has 108 valence electrons. The Labute approximate surface area is 130 Å². The lowest BCUT2D eigenvalue weighted by atomic mass is 10.0. The summed E-state index contributed by atoms with van der Waals surface area (Å²) < 4.78 is 0.